The minimum atomic E-state index is -0.00606. The molecule has 1 rings (SSSR count). The van der Waals surface area contributed by atoms with Crippen molar-refractivity contribution in [3.8, 4) is 6.07 Å². The molecule has 1 unspecified atom stereocenters. The molecule has 1 aliphatic heterocycles. The lowest BCUT2D eigenvalue weighted by molar-refractivity contribution is -0.131. The summed E-state index contributed by atoms with van der Waals surface area (Å²) in [4.78, 5) is 12.8. The number of hydrogen-bond acceptors (Lipinski definition) is 3. The third-order valence-electron chi connectivity index (χ3n) is 2.16. The molecule has 0 aromatic rings. The van der Waals surface area contributed by atoms with Crippen LogP contribution in [0.3, 0.4) is 0 Å². The Kier molecular flexibility index (Phi) is 3.71. The van der Waals surface area contributed by atoms with Crippen molar-refractivity contribution in [2.45, 2.75) is 25.4 Å². The number of carbonyl (C=O) groups excluding carboxylic acids is 1. The van der Waals surface area contributed by atoms with Crippen LogP contribution in [0.25, 0.3) is 0 Å². The molecule has 13 heavy (non-hydrogen) atoms. The summed E-state index contributed by atoms with van der Waals surface area (Å²) in [7, 11) is 1.64. The quantitative estimate of drug-likeness (QED) is 0.598. The number of nitrogens with zero attached hydrogens (tertiary/aromatic N) is 2. The Balaban J connectivity index is 2.27. The van der Waals surface area contributed by atoms with Gasteiger partial charge in [-0.15, -0.1) is 0 Å². The molecule has 1 saturated heterocycles. The maximum atomic E-state index is 11.4. The molecule has 0 saturated carbocycles. The van der Waals surface area contributed by atoms with E-state index in [1.54, 1.807) is 7.05 Å². The number of hydrogen-bond donors (Lipinski definition) is 0. The summed E-state index contributed by atoms with van der Waals surface area (Å²) in [5.74, 6) is -0.00606. The maximum absolute atomic E-state index is 11.4. The van der Waals surface area contributed by atoms with Crippen molar-refractivity contribution in [2.75, 3.05) is 20.2 Å². The zero-order valence-electron chi connectivity index (χ0n) is 7.82. The molecule has 1 atom stereocenters. The number of nitriles is 1. The van der Waals surface area contributed by atoms with Crippen molar-refractivity contribution >= 4 is 5.91 Å². The summed E-state index contributed by atoms with van der Waals surface area (Å²) in [6.45, 7) is 0.922. The molecule has 0 spiro atoms. The van der Waals surface area contributed by atoms with Gasteiger partial charge in [-0.2, -0.15) is 5.26 Å². The van der Waals surface area contributed by atoms with Gasteiger partial charge in [0.1, 0.15) is 6.54 Å². The van der Waals surface area contributed by atoms with E-state index in [4.69, 9.17) is 10.00 Å². The number of rotatable bonds is 3. The Morgan fingerprint density at radius 1 is 1.77 bits per heavy atom. The monoisotopic (exact) mass is 182 g/mol. The number of ether oxygens (including phenoxy) is 1. The molecule has 1 amide bonds. The first-order chi connectivity index (χ1) is 6.24. The minimum absolute atomic E-state index is 0.00606. The number of carbonyl (C=O) groups is 1. The summed E-state index contributed by atoms with van der Waals surface area (Å²) < 4.78 is 5.32. The highest BCUT2D eigenvalue weighted by Gasteiger charge is 2.20. The standard InChI is InChI=1S/C9H14N2O2/c1-11(5-4-10)9(12)7-8-3-2-6-13-8/h8H,2-3,5-7H2,1H3. The van der Waals surface area contributed by atoms with Gasteiger partial charge in [0.2, 0.25) is 5.91 Å². The van der Waals surface area contributed by atoms with E-state index in [1.807, 2.05) is 6.07 Å². The molecule has 0 aromatic heterocycles. The van der Waals surface area contributed by atoms with Crippen LogP contribution in [0, 0.1) is 11.3 Å². The van der Waals surface area contributed by atoms with Gasteiger partial charge < -0.3 is 9.64 Å². The van der Waals surface area contributed by atoms with E-state index in [9.17, 15) is 4.79 Å². The SMILES string of the molecule is CN(CC#N)C(=O)CC1CCCO1. The number of amides is 1. The largest absolute Gasteiger partial charge is 0.378 e. The first-order valence-corrected chi connectivity index (χ1v) is 4.46. The second-order valence-electron chi connectivity index (χ2n) is 3.25. The van der Waals surface area contributed by atoms with Crippen molar-refractivity contribution in [1.29, 1.82) is 5.26 Å². The maximum Gasteiger partial charge on any atom is 0.225 e. The fourth-order valence-corrected chi connectivity index (χ4v) is 1.35. The van der Waals surface area contributed by atoms with Crippen LogP contribution in [0.5, 0.6) is 0 Å². The van der Waals surface area contributed by atoms with Gasteiger partial charge in [0, 0.05) is 13.7 Å². The van der Waals surface area contributed by atoms with Gasteiger partial charge in [-0.3, -0.25) is 4.79 Å². The van der Waals surface area contributed by atoms with E-state index >= 15 is 0 Å². The van der Waals surface area contributed by atoms with E-state index in [1.165, 1.54) is 4.90 Å². The van der Waals surface area contributed by atoms with Crippen LogP contribution in [0.2, 0.25) is 0 Å². The van der Waals surface area contributed by atoms with E-state index in [-0.39, 0.29) is 18.6 Å². The fraction of sp³-hybridized carbons (Fsp3) is 0.778. The lowest BCUT2D eigenvalue weighted by Crippen LogP contribution is -2.29. The topological polar surface area (TPSA) is 53.3 Å². The molecule has 1 heterocycles. The van der Waals surface area contributed by atoms with Crippen molar-refractivity contribution in [1.82, 2.24) is 4.90 Å². The van der Waals surface area contributed by atoms with E-state index in [2.05, 4.69) is 0 Å². The minimum Gasteiger partial charge on any atom is -0.378 e. The predicted octanol–water partition coefficient (Wildman–Crippen LogP) is 0.537. The Hall–Kier alpha value is -1.08. The zero-order valence-corrected chi connectivity index (χ0v) is 7.82. The molecule has 4 nitrogen and oxygen atoms in total. The van der Waals surface area contributed by atoms with Crippen LogP contribution in [0.1, 0.15) is 19.3 Å². The van der Waals surface area contributed by atoms with E-state index in [0.717, 1.165) is 19.4 Å². The summed E-state index contributed by atoms with van der Waals surface area (Å²) in [5.41, 5.74) is 0. The molecule has 72 valence electrons. The van der Waals surface area contributed by atoms with Gasteiger partial charge in [-0.05, 0) is 12.8 Å². The Morgan fingerprint density at radius 3 is 3.08 bits per heavy atom. The van der Waals surface area contributed by atoms with Crippen LogP contribution < -0.4 is 0 Å². The highest BCUT2D eigenvalue weighted by molar-refractivity contribution is 5.76. The molecular formula is C9H14N2O2. The highest BCUT2D eigenvalue weighted by Crippen LogP contribution is 2.15. The van der Waals surface area contributed by atoms with Crippen molar-refractivity contribution < 1.29 is 9.53 Å². The van der Waals surface area contributed by atoms with Crippen LogP contribution in [-0.4, -0.2) is 37.1 Å². The molecule has 0 radical (unpaired) electrons. The van der Waals surface area contributed by atoms with E-state index < -0.39 is 0 Å². The smallest absolute Gasteiger partial charge is 0.225 e. The molecule has 0 N–H and O–H groups in total. The molecule has 0 bridgehead atoms. The third-order valence-corrected chi connectivity index (χ3v) is 2.16. The first-order valence-electron chi connectivity index (χ1n) is 4.46. The second-order valence-corrected chi connectivity index (χ2v) is 3.25. The Bertz CT molecular complexity index is 216. The normalized spacial score (nSPS) is 21.1. The summed E-state index contributed by atoms with van der Waals surface area (Å²) in [6.07, 6.45) is 2.50. The Labute approximate surface area is 78.1 Å². The Morgan fingerprint density at radius 2 is 2.54 bits per heavy atom. The van der Waals surface area contributed by atoms with Gasteiger partial charge in [0.25, 0.3) is 0 Å². The van der Waals surface area contributed by atoms with Crippen LogP contribution in [0.4, 0.5) is 0 Å². The summed E-state index contributed by atoms with van der Waals surface area (Å²) in [5, 5.41) is 8.37. The van der Waals surface area contributed by atoms with Crippen molar-refractivity contribution in [3.63, 3.8) is 0 Å². The zero-order chi connectivity index (χ0) is 9.68. The van der Waals surface area contributed by atoms with E-state index in [0.29, 0.717) is 6.42 Å². The third kappa shape index (κ3) is 3.03. The molecule has 1 fully saturated rings. The van der Waals surface area contributed by atoms with Gasteiger partial charge in [0.05, 0.1) is 18.6 Å². The second kappa shape index (κ2) is 4.83. The highest BCUT2D eigenvalue weighted by atomic mass is 16.5. The molecule has 1 aliphatic rings. The molecular weight excluding hydrogens is 168 g/mol. The summed E-state index contributed by atoms with van der Waals surface area (Å²) >= 11 is 0. The molecule has 0 aliphatic carbocycles. The lowest BCUT2D eigenvalue weighted by Gasteiger charge is -2.15. The van der Waals surface area contributed by atoms with Crippen molar-refractivity contribution in [3.05, 3.63) is 0 Å². The van der Waals surface area contributed by atoms with Gasteiger partial charge >= 0.3 is 0 Å². The molecule has 4 heteroatoms. The summed E-state index contributed by atoms with van der Waals surface area (Å²) in [6, 6.07) is 1.94. The van der Waals surface area contributed by atoms with Crippen molar-refractivity contribution in [2.24, 2.45) is 0 Å². The van der Waals surface area contributed by atoms with Gasteiger partial charge in [-0.25, -0.2) is 0 Å². The first kappa shape index (κ1) is 10.0. The van der Waals surface area contributed by atoms with Gasteiger partial charge in [0.15, 0.2) is 0 Å². The fourth-order valence-electron chi connectivity index (χ4n) is 1.35. The predicted molar refractivity (Wildman–Crippen MR) is 46.8 cm³/mol. The van der Waals surface area contributed by atoms with Crippen LogP contribution in [0.15, 0.2) is 0 Å². The van der Waals surface area contributed by atoms with Crippen LogP contribution >= 0.6 is 0 Å². The average Bonchev–Trinajstić information content (AvgIpc) is 2.57. The average molecular weight is 182 g/mol. The molecule has 0 aromatic carbocycles. The van der Waals surface area contributed by atoms with Gasteiger partial charge in [-0.1, -0.05) is 0 Å². The lowest BCUT2D eigenvalue weighted by atomic mass is 10.1. The van der Waals surface area contributed by atoms with Crippen LogP contribution in [-0.2, 0) is 9.53 Å².